The molecule has 20 heavy (non-hydrogen) atoms. The Hall–Kier alpha value is -2.43. The molecule has 1 aromatic carbocycles. The van der Waals surface area contributed by atoms with Crippen molar-refractivity contribution in [1.29, 1.82) is 0 Å². The lowest BCUT2D eigenvalue weighted by Crippen LogP contribution is -2.70. The second-order valence-electron chi connectivity index (χ2n) is 4.49. The standard InChI is InChI=1S/C16H15NO3/c1-3-8-13(18)14-15(16(19)17(14)11-4-2)20-12-9-6-5-7-10-12/h1-2,5-7,9-10,13-15,18H,8,11H2/t13-,14-,15+/m0/s1. The summed E-state index contributed by atoms with van der Waals surface area (Å²) in [5, 5.41) is 10.0. The lowest BCUT2D eigenvalue weighted by molar-refractivity contribution is -0.170. The molecule has 0 aliphatic carbocycles. The molecule has 1 fully saturated rings. The number of aliphatic hydroxyl groups excluding tert-OH is 1. The van der Waals surface area contributed by atoms with E-state index in [2.05, 4.69) is 11.8 Å². The average Bonchev–Trinajstić information content (AvgIpc) is 2.46. The van der Waals surface area contributed by atoms with Gasteiger partial charge in [-0.25, -0.2) is 0 Å². The van der Waals surface area contributed by atoms with Crippen LogP contribution in [0.15, 0.2) is 30.3 Å². The monoisotopic (exact) mass is 269 g/mol. The summed E-state index contributed by atoms with van der Waals surface area (Å²) in [6, 6.07) is 8.47. The lowest BCUT2D eigenvalue weighted by atomic mass is 9.91. The Balaban J connectivity index is 2.12. The fourth-order valence-electron chi connectivity index (χ4n) is 2.24. The molecule has 2 rings (SSSR count). The Morgan fingerprint density at radius 3 is 2.60 bits per heavy atom. The number of carbonyl (C=O) groups excluding carboxylic acids is 1. The molecule has 1 aromatic rings. The number of β-lactam (4-membered cyclic amide) rings is 1. The zero-order valence-electron chi connectivity index (χ0n) is 10.9. The Labute approximate surface area is 118 Å². The van der Waals surface area contributed by atoms with Gasteiger partial charge in [0.2, 0.25) is 0 Å². The minimum absolute atomic E-state index is 0.139. The van der Waals surface area contributed by atoms with E-state index in [0.717, 1.165) is 0 Å². The highest BCUT2D eigenvalue weighted by Gasteiger charge is 2.52. The van der Waals surface area contributed by atoms with Crippen molar-refractivity contribution >= 4 is 5.91 Å². The van der Waals surface area contributed by atoms with Crippen molar-refractivity contribution in [3.63, 3.8) is 0 Å². The molecule has 1 aliphatic heterocycles. The summed E-state index contributed by atoms with van der Waals surface area (Å²) in [6.45, 7) is 0.139. The number of carbonyl (C=O) groups is 1. The molecule has 1 amide bonds. The van der Waals surface area contributed by atoms with Crippen molar-refractivity contribution in [2.75, 3.05) is 6.54 Å². The van der Waals surface area contributed by atoms with Gasteiger partial charge in [-0.1, -0.05) is 24.1 Å². The molecule has 0 unspecified atom stereocenters. The van der Waals surface area contributed by atoms with Gasteiger partial charge in [0.1, 0.15) is 11.8 Å². The van der Waals surface area contributed by atoms with Crippen LogP contribution >= 0.6 is 0 Å². The van der Waals surface area contributed by atoms with E-state index >= 15 is 0 Å². The number of aliphatic hydroxyl groups is 1. The normalized spacial score (nSPS) is 22.4. The van der Waals surface area contributed by atoms with Gasteiger partial charge in [-0.2, -0.15) is 0 Å². The Morgan fingerprint density at radius 1 is 1.30 bits per heavy atom. The van der Waals surface area contributed by atoms with Crippen LogP contribution in [0.1, 0.15) is 6.42 Å². The van der Waals surface area contributed by atoms with Crippen LogP contribution in [-0.2, 0) is 4.79 Å². The van der Waals surface area contributed by atoms with Gasteiger partial charge in [0.05, 0.1) is 12.6 Å². The third-order valence-electron chi connectivity index (χ3n) is 3.19. The first kappa shape index (κ1) is 14.0. The maximum atomic E-state index is 12.0. The van der Waals surface area contributed by atoms with E-state index in [9.17, 15) is 9.90 Å². The minimum atomic E-state index is -0.847. The van der Waals surface area contributed by atoms with Crippen molar-refractivity contribution in [2.24, 2.45) is 0 Å². The average molecular weight is 269 g/mol. The van der Waals surface area contributed by atoms with Gasteiger partial charge >= 0.3 is 0 Å². The van der Waals surface area contributed by atoms with Gasteiger partial charge in [-0.3, -0.25) is 4.79 Å². The molecule has 1 heterocycles. The predicted octanol–water partition coefficient (Wildman–Crippen LogP) is 0.662. The van der Waals surface area contributed by atoms with Gasteiger partial charge < -0.3 is 14.7 Å². The molecule has 0 spiro atoms. The minimum Gasteiger partial charge on any atom is -0.478 e. The van der Waals surface area contributed by atoms with Gasteiger partial charge in [-0.05, 0) is 12.1 Å². The van der Waals surface area contributed by atoms with E-state index in [4.69, 9.17) is 17.6 Å². The summed E-state index contributed by atoms with van der Waals surface area (Å²) in [7, 11) is 0. The maximum absolute atomic E-state index is 12.0. The molecule has 0 saturated carbocycles. The van der Waals surface area contributed by atoms with Crippen LogP contribution in [0.5, 0.6) is 5.75 Å². The molecule has 1 saturated heterocycles. The Kier molecular flexibility index (Phi) is 4.30. The summed E-state index contributed by atoms with van der Waals surface area (Å²) in [5.41, 5.74) is 0. The smallest absolute Gasteiger partial charge is 0.267 e. The quantitative estimate of drug-likeness (QED) is 0.631. The van der Waals surface area contributed by atoms with Gasteiger partial charge in [0.15, 0.2) is 6.10 Å². The molecule has 0 bridgehead atoms. The van der Waals surface area contributed by atoms with Crippen LogP contribution in [0.2, 0.25) is 0 Å². The first-order valence-electron chi connectivity index (χ1n) is 6.26. The zero-order chi connectivity index (χ0) is 14.5. The highest BCUT2D eigenvalue weighted by Crippen LogP contribution is 2.28. The summed E-state index contributed by atoms with van der Waals surface area (Å²) in [6.07, 6.45) is 8.99. The number of ether oxygens (including phenoxy) is 1. The van der Waals surface area contributed by atoms with E-state index in [0.29, 0.717) is 5.75 Å². The molecule has 4 heteroatoms. The maximum Gasteiger partial charge on any atom is 0.267 e. The highest BCUT2D eigenvalue weighted by molar-refractivity contribution is 5.89. The second kappa shape index (κ2) is 6.14. The van der Waals surface area contributed by atoms with Crippen molar-refractivity contribution < 1.29 is 14.6 Å². The van der Waals surface area contributed by atoms with Gasteiger partial charge in [-0.15, -0.1) is 18.8 Å². The van der Waals surface area contributed by atoms with Crippen molar-refractivity contribution in [3.8, 4) is 30.4 Å². The number of para-hydroxylation sites is 1. The second-order valence-corrected chi connectivity index (χ2v) is 4.49. The van der Waals surface area contributed by atoms with Gasteiger partial charge in [0, 0.05) is 6.42 Å². The van der Waals surface area contributed by atoms with E-state index in [-0.39, 0.29) is 18.9 Å². The van der Waals surface area contributed by atoms with Crippen molar-refractivity contribution in [3.05, 3.63) is 30.3 Å². The molecule has 4 nitrogen and oxygen atoms in total. The number of benzene rings is 1. The van der Waals surface area contributed by atoms with E-state index in [1.54, 1.807) is 12.1 Å². The van der Waals surface area contributed by atoms with Crippen LogP contribution in [0.3, 0.4) is 0 Å². The lowest BCUT2D eigenvalue weighted by Gasteiger charge is -2.47. The number of terminal acetylenes is 2. The molecular formula is C16H15NO3. The third-order valence-corrected chi connectivity index (χ3v) is 3.19. The topological polar surface area (TPSA) is 49.8 Å². The van der Waals surface area contributed by atoms with Crippen molar-refractivity contribution in [1.82, 2.24) is 4.90 Å². The van der Waals surface area contributed by atoms with E-state index in [1.165, 1.54) is 4.90 Å². The summed E-state index contributed by atoms with van der Waals surface area (Å²) >= 11 is 0. The van der Waals surface area contributed by atoms with E-state index < -0.39 is 18.2 Å². The third kappa shape index (κ3) is 2.61. The molecule has 0 aromatic heterocycles. The highest BCUT2D eigenvalue weighted by atomic mass is 16.5. The number of nitrogens with zero attached hydrogens (tertiary/aromatic N) is 1. The predicted molar refractivity (Wildman–Crippen MR) is 74.6 cm³/mol. The largest absolute Gasteiger partial charge is 0.478 e. The number of hydrogen-bond acceptors (Lipinski definition) is 3. The number of likely N-dealkylation sites (tertiary alicyclic amines) is 1. The Morgan fingerprint density at radius 2 is 2.00 bits per heavy atom. The van der Waals surface area contributed by atoms with Crippen LogP contribution in [0.25, 0.3) is 0 Å². The fraction of sp³-hybridized carbons (Fsp3) is 0.312. The van der Waals surface area contributed by atoms with Crippen LogP contribution in [-0.4, -0.2) is 40.7 Å². The molecule has 3 atom stereocenters. The van der Waals surface area contributed by atoms with Crippen LogP contribution in [0.4, 0.5) is 0 Å². The van der Waals surface area contributed by atoms with E-state index in [1.807, 2.05) is 18.2 Å². The first-order chi connectivity index (χ1) is 9.69. The molecule has 1 aliphatic rings. The zero-order valence-corrected chi connectivity index (χ0v) is 10.9. The SMILES string of the molecule is C#CC[C@H](O)[C@H]1[C@@H](Oc2ccccc2)C(=O)N1CC#C. The number of hydrogen-bond donors (Lipinski definition) is 1. The Bertz CT molecular complexity index is 555. The summed E-state index contributed by atoms with van der Waals surface area (Å²) < 4.78 is 5.63. The van der Waals surface area contributed by atoms with Gasteiger partial charge in [0.25, 0.3) is 5.91 Å². The van der Waals surface area contributed by atoms with Crippen molar-refractivity contribution in [2.45, 2.75) is 24.7 Å². The summed E-state index contributed by atoms with van der Waals surface area (Å²) in [4.78, 5) is 13.4. The van der Waals surface area contributed by atoms with Crippen LogP contribution < -0.4 is 4.74 Å². The summed E-state index contributed by atoms with van der Waals surface area (Å²) in [5.74, 6) is 5.13. The molecule has 1 N–H and O–H groups in total. The molecular weight excluding hydrogens is 254 g/mol. The number of rotatable bonds is 5. The first-order valence-corrected chi connectivity index (χ1v) is 6.26. The molecule has 0 radical (unpaired) electrons. The number of amides is 1. The molecule has 102 valence electrons. The fourth-order valence-corrected chi connectivity index (χ4v) is 2.24. The van der Waals surface area contributed by atoms with Crippen LogP contribution in [0, 0.1) is 24.7 Å².